The lowest BCUT2D eigenvalue weighted by Gasteiger charge is -2.34. The largest absolute Gasteiger partial charge is 0.487 e. The molecule has 27 heavy (non-hydrogen) atoms. The highest BCUT2D eigenvalue weighted by molar-refractivity contribution is 5.91. The SMILES string of the molecule is CCOc1ccc(C2NC(=O)NC3=C2CCc2ccccc23)cc1[N+](=O)[O-]. The summed E-state index contributed by atoms with van der Waals surface area (Å²) in [5.41, 5.74) is 4.62. The number of nitrogens with one attached hydrogen (secondary N) is 2. The van der Waals surface area contributed by atoms with Crippen LogP contribution in [0.3, 0.4) is 0 Å². The van der Waals surface area contributed by atoms with E-state index in [-0.39, 0.29) is 17.5 Å². The number of hydrogen-bond acceptors (Lipinski definition) is 4. The van der Waals surface area contributed by atoms with Crippen molar-refractivity contribution in [2.24, 2.45) is 0 Å². The van der Waals surface area contributed by atoms with E-state index in [2.05, 4.69) is 16.7 Å². The summed E-state index contributed by atoms with van der Waals surface area (Å²) in [7, 11) is 0. The third-order valence-corrected chi connectivity index (χ3v) is 4.95. The van der Waals surface area contributed by atoms with Crippen LogP contribution >= 0.6 is 0 Å². The maximum Gasteiger partial charge on any atom is 0.319 e. The molecular formula is C20H19N3O4. The Morgan fingerprint density at radius 3 is 2.81 bits per heavy atom. The van der Waals surface area contributed by atoms with Crippen molar-refractivity contribution < 1.29 is 14.5 Å². The second-order valence-corrected chi connectivity index (χ2v) is 6.51. The molecule has 0 spiro atoms. The third kappa shape index (κ3) is 3.01. The van der Waals surface area contributed by atoms with E-state index in [1.165, 1.54) is 11.6 Å². The summed E-state index contributed by atoms with van der Waals surface area (Å²) in [5.74, 6) is 0.231. The van der Waals surface area contributed by atoms with E-state index in [0.29, 0.717) is 12.2 Å². The molecule has 2 aliphatic rings. The van der Waals surface area contributed by atoms with Gasteiger partial charge in [-0.25, -0.2) is 4.79 Å². The van der Waals surface area contributed by atoms with Gasteiger partial charge in [-0.15, -0.1) is 0 Å². The number of benzene rings is 2. The lowest BCUT2D eigenvalue weighted by atomic mass is 9.83. The van der Waals surface area contributed by atoms with Crippen LogP contribution in [-0.4, -0.2) is 17.6 Å². The van der Waals surface area contributed by atoms with Crippen LogP contribution in [0.5, 0.6) is 5.75 Å². The van der Waals surface area contributed by atoms with Gasteiger partial charge in [0.15, 0.2) is 5.75 Å². The number of carbonyl (C=O) groups excluding carboxylic acids is 1. The van der Waals surface area contributed by atoms with Gasteiger partial charge in [-0.2, -0.15) is 0 Å². The van der Waals surface area contributed by atoms with E-state index >= 15 is 0 Å². The Morgan fingerprint density at radius 2 is 2.04 bits per heavy atom. The number of nitro groups is 1. The van der Waals surface area contributed by atoms with Gasteiger partial charge in [0.25, 0.3) is 0 Å². The van der Waals surface area contributed by atoms with Crippen LogP contribution in [0, 0.1) is 10.1 Å². The molecule has 2 N–H and O–H groups in total. The number of amides is 2. The van der Waals surface area contributed by atoms with Gasteiger partial charge in [0.1, 0.15) is 0 Å². The number of nitro benzene ring substituents is 1. The molecule has 2 aromatic carbocycles. The Kier molecular flexibility index (Phi) is 4.27. The molecule has 138 valence electrons. The van der Waals surface area contributed by atoms with Gasteiger partial charge in [0.2, 0.25) is 0 Å². The van der Waals surface area contributed by atoms with E-state index in [9.17, 15) is 14.9 Å². The highest BCUT2D eigenvalue weighted by atomic mass is 16.6. The minimum absolute atomic E-state index is 0.0968. The van der Waals surface area contributed by atoms with Crippen molar-refractivity contribution in [3.05, 3.63) is 74.8 Å². The van der Waals surface area contributed by atoms with Crippen molar-refractivity contribution in [1.29, 1.82) is 0 Å². The Morgan fingerprint density at radius 1 is 1.22 bits per heavy atom. The summed E-state index contributed by atoms with van der Waals surface area (Å²) in [6.45, 7) is 2.12. The second-order valence-electron chi connectivity index (χ2n) is 6.51. The fourth-order valence-corrected chi connectivity index (χ4v) is 3.77. The van der Waals surface area contributed by atoms with Gasteiger partial charge in [-0.3, -0.25) is 10.1 Å². The van der Waals surface area contributed by atoms with Gasteiger partial charge in [-0.05, 0) is 42.5 Å². The van der Waals surface area contributed by atoms with Gasteiger partial charge < -0.3 is 15.4 Å². The summed E-state index contributed by atoms with van der Waals surface area (Å²) < 4.78 is 5.36. The maximum absolute atomic E-state index is 12.3. The minimum Gasteiger partial charge on any atom is -0.487 e. The first kappa shape index (κ1) is 17.1. The van der Waals surface area contributed by atoms with Crippen molar-refractivity contribution in [3.63, 3.8) is 0 Å². The number of aryl methyl sites for hydroxylation is 1. The van der Waals surface area contributed by atoms with E-state index < -0.39 is 11.0 Å². The molecule has 4 rings (SSSR count). The van der Waals surface area contributed by atoms with Crippen LogP contribution < -0.4 is 15.4 Å². The molecule has 0 saturated carbocycles. The standard InChI is InChI=1S/C20H19N3O4/c1-2-27-17-10-8-13(11-16(17)23(25)26)18-15-9-7-12-5-3-4-6-14(12)19(15)22-20(24)21-18/h3-6,8,10-11,18H,2,7,9H2,1H3,(H2,21,22,24). The Labute approximate surface area is 156 Å². The Hall–Kier alpha value is -3.35. The molecule has 7 heteroatoms. The molecule has 1 atom stereocenters. The van der Waals surface area contributed by atoms with E-state index in [4.69, 9.17) is 4.74 Å². The van der Waals surface area contributed by atoms with Gasteiger partial charge in [0.05, 0.1) is 23.3 Å². The van der Waals surface area contributed by atoms with Crippen molar-refractivity contribution >= 4 is 17.4 Å². The summed E-state index contributed by atoms with van der Waals surface area (Å²) in [6.07, 6.45) is 1.63. The lowest BCUT2D eigenvalue weighted by Crippen LogP contribution is -2.44. The highest BCUT2D eigenvalue weighted by Gasteiger charge is 2.33. The average Bonchev–Trinajstić information content (AvgIpc) is 2.67. The summed E-state index contributed by atoms with van der Waals surface area (Å²) >= 11 is 0. The van der Waals surface area contributed by atoms with Crippen LogP contribution in [0.4, 0.5) is 10.5 Å². The van der Waals surface area contributed by atoms with Crippen molar-refractivity contribution in [2.45, 2.75) is 25.8 Å². The first-order chi connectivity index (χ1) is 13.1. The summed E-state index contributed by atoms with van der Waals surface area (Å²) in [5, 5.41) is 17.3. The molecule has 7 nitrogen and oxygen atoms in total. The van der Waals surface area contributed by atoms with Gasteiger partial charge in [0, 0.05) is 11.6 Å². The number of urea groups is 1. The summed E-state index contributed by atoms with van der Waals surface area (Å²) in [6, 6.07) is 12.1. The molecule has 0 bridgehead atoms. The fourth-order valence-electron chi connectivity index (χ4n) is 3.77. The number of nitrogens with zero attached hydrogens (tertiary/aromatic N) is 1. The monoisotopic (exact) mass is 365 g/mol. The highest BCUT2D eigenvalue weighted by Crippen LogP contribution is 2.40. The molecular weight excluding hydrogens is 346 g/mol. The molecule has 2 amide bonds. The van der Waals surface area contributed by atoms with Crippen LogP contribution in [0.1, 0.15) is 36.1 Å². The number of hydrogen-bond donors (Lipinski definition) is 2. The molecule has 0 aromatic heterocycles. The maximum atomic E-state index is 12.3. The molecule has 2 aromatic rings. The van der Waals surface area contributed by atoms with E-state index in [0.717, 1.165) is 29.7 Å². The van der Waals surface area contributed by atoms with Crippen LogP contribution in [-0.2, 0) is 6.42 Å². The van der Waals surface area contributed by atoms with Gasteiger partial charge in [-0.1, -0.05) is 30.3 Å². The second kappa shape index (κ2) is 6.75. The van der Waals surface area contributed by atoms with Crippen molar-refractivity contribution in [1.82, 2.24) is 10.6 Å². The first-order valence-corrected chi connectivity index (χ1v) is 8.88. The van der Waals surface area contributed by atoms with E-state index in [1.54, 1.807) is 19.1 Å². The first-order valence-electron chi connectivity index (χ1n) is 8.88. The smallest absolute Gasteiger partial charge is 0.319 e. The number of carbonyl (C=O) groups is 1. The number of fused-ring (bicyclic) bond motifs is 2. The molecule has 1 aliphatic carbocycles. The summed E-state index contributed by atoms with van der Waals surface area (Å²) in [4.78, 5) is 23.3. The van der Waals surface area contributed by atoms with Gasteiger partial charge >= 0.3 is 11.7 Å². The molecule has 1 unspecified atom stereocenters. The molecule has 1 heterocycles. The van der Waals surface area contributed by atoms with Crippen LogP contribution in [0.2, 0.25) is 0 Å². The lowest BCUT2D eigenvalue weighted by molar-refractivity contribution is -0.385. The zero-order chi connectivity index (χ0) is 19.0. The number of rotatable bonds is 4. The van der Waals surface area contributed by atoms with Crippen LogP contribution in [0.15, 0.2) is 48.0 Å². The number of ether oxygens (including phenoxy) is 1. The van der Waals surface area contributed by atoms with Crippen molar-refractivity contribution in [3.8, 4) is 5.75 Å². The molecule has 0 radical (unpaired) electrons. The topological polar surface area (TPSA) is 93.5 Å². The minimum atomic E-state index is -0.456. The average molecular weight is 365 g/mol. The Balaban J connectivity index is 1.81. The fraction of sp³-hybridized carbons (Fsp3) is 0.250. The third-order valence-electron chi connectivity index (χ3n) is 4.95. The predicted molar refractivity (Wildman–Crippen MR) is 100 cm³/mol. The zero-order valence-corrected chi connectivity index (χ0v) is 14.8. The molecule has 1 aliphatic heterocycles. The molecule has 0 fully saturated rings. The van der Waals surface area contributed by atoms with Crippen LogP contribution in [0.25, 0.3) is 5.70 Å². The quantitative estimate of drug-likeness (QED) is 0.638. The van der Waals surface area contributed by atoms with Crippen molar-refractivity contribution in [2.75, 3.05) is 6.61 Å². The molecule has 0 saturated heterocycles. The Bertz CT molecular complexity index is 967. The van der Waals surface area contributed by atoms with E-state index in [1.807, 2.05) is 18.2 Å². The zero-order valence-electron chi connectivity index (χ0n) is 14.8. The normalized spacial score (nSPS) is 18.1. The predicted octanol–water partition coefficient (Wildman–Crippen LogP) is 3.70.